The second-order valence-electron chi connectivity index (χ2n) is 8.85. The molecular weight excluding hydrogens is 478 g/mol. The Morgan fingerprint density at radius 3 is 2.64 bits per heavy atom. The number of hydrogen-bond acceptors (Lipinski definition) is 6. The van der Waals surface area contributed by atoms with Crippen LogP contribution in [0.15, 0.2) is 78.0 Å². The topological polar surface area (TPSA) is 111 Å². The molecule has 1 aromatic carbocycles. The molecule has 1 atom stereocenters. The van der Waals surface area contributed by atoms with Crippen LogP contribution in [0.1, 0.15) is 27.9 Å². The Balaban J connectivity index is 1.19. The van der Waals surface area contributed by atoms with Gasteiger partial charge in [0.1, 0.15) is 11.4 Å². The van der Waals surface area contributed by atoms with E-state index in [0.717, 1.165) is 29.9 Å². The van der Waals surface area contributed by atoms with Gasteiger partial charge >= 0.3 is 0 Å². The van der Waals surface area contributed by atoms with E-state index in [9.17, 15) is 9.59 Å². The fourth-order valence-corrected chi connectivity index (χ4v) is 4.49. The van der Waals surface area contributed by atoms with Crippen molar-refractivity contribution in [3.8, 4) is 0 Å². The lowest BCUT2D eigenvalue weighted by molar-refractivity contribution is 0.0941. The van der Waals surface area contributed by atoms with Gasteiger partial charge in [0.2, 0.25) is 0 Å². The van der Waals surface area contributed by atoms with Gasteiger partial charge in [-0.25, -0.2) is 4.98 Å². The predicted molar refractivity (Wildman–Crippen MR) is 139 cm³/mol. The molecule has 0 unspecified atom stereocenters. The van der Waals surface area contributed by atoms with Crippen molar-refractivity contribution in [1.29, 1.82) is 0 Å². The molecule has 0 spiro atoms. The van der Waals surface area contributed by atoms with Gasteiger partial charge in [0, 0.05) is 48.8 Å². The highest BCUT2D eigenvalue weighted by Crippen LogP contribution is 2.21. The van der Waals surface area contributed by atoms with Gasteiger partial charge < -0.3 is 20.5 Å². The molecule has 3 N–H and O–H groups in total. The molecule has 4 heterocycles. The fraction of sp³-hybridized carbons (Fsp3) is 0.231. The minimum absolute atomic E-state index is 0.0225. The quantitative estimate of drug-likeness (QED) is 0.401. The summed E-state index contributed by atoms with van der Waals surface area (Å²) in [4.78, 5) is 31.3. The highest BCUT2D eigenvalue weighted by atomic mass is 35.5. The molecule has 4 aromatic rings. The molecule has 0 radical (unpaired) electrons. The largest absolute Gasteiger partial charge is 0.382 e. The Hall–Kier alpha value is -4.11. The zero-order valence-electron chi connectivity index (χ0n) is 19.5. The minimum Gasteiger partial charge on any atom is -0.382 e. The van der Waals surface area contributed by atoms with Crippen LogP contribution in [0.2, 0.25) is 5.02 Å². The molecule has 1 amide bonds. The standard InChI is InChI=1S/C26H26ClN7O2/c27-20-8-10-29-23(13-20)32-12-9-21(16-32)30-26(36)22-17-34(31-25(22)28)15-19-6-4-18(5-7-19)14-33-11-2-1-3-24(33)35/h1-8,10-11,13,17,21H,9,12,14-16H2,(H2,28,31)(H,30,36)/t21-/m0/s1. The molecule has 5 rings (SSSR count). The van der Waals surface area contributed by atoms with Crippen molar-refractivity contribution in [3.05, 3.63) is 105 Å². The maximum atomic E-state index is 12.9. The Morgan fingerprint density at radius 2 is 1.89 bits per heavy atom. The van der Waals surface area contributed by atoms with E-state index in [1.165, 1.54) is 0 Å². The van der Waals surface area contributed by atoms with E-state index in [-0.39, 0.29) is 23.3 Å². The minimum atomic E-state index is -0.242. The van der Waals surface area contributed by atoms with Crippen LogP contribution < -0.4 is 21.5 Å². The summed E-state index contributed by atoms with van der Waals surface area (Å²) in [6.45, 7) is 2.40. The van der Waals surface area contributed by atoms with Crippen LogP contribution in [-0.4, -0.2) is 44.4 Å². The number of nitrogens with zero attached hydrogens (tertiary/aromatic N) is 5. The van der Waals surface area contributed by atoms with Gasteiger partial charge in [-0.05, 0) is 35.7 Å². The molecule has 0 aliphatic carbocycles. The number of carbonyl (C=O) groups is 1. The molecule has 0 saturated carbocycles. The number of rotatable bonds is 7. The Labute approximate surface area is 213 Å². The summed E-state index contributed by atoms with van der Waals surface area (Å²) in [5.41, 5.74) is 8.42. The van der Waals surface area contributed by atoms with Crippen LogP contribution in [-0.2, 0) is 13.1 Å². The van der Waals surface area contributed by atoms with E-state index in [1.54, 1.807) is 46.0 Å². The average Bonchev–Trinajstić information content (AvgIpc) is 3.48. The average molecular weight is 504 g/mol. The highest BCUT2D eigenvalue weighted by molar-refractivity contribution is 6.30. The van der Waals surface area contributed by atoms with Crippen molar-refractivity contribution in [3.63, 3.8) is 0 Å². The molecular formula is C26H26ClN7O2. The summed E-state index contributed by atoms with van der Waals surface area (Å²) in [5.74, 6) is 0.751. The smallest absolute Gasteiger partial charge is 0.256 e. The molecule has 1 saturated heterocycles. The molecule has 1 aliphatic heterocycles. The van der Waals surface area contributed by atoms with E-state index in [2.05, 4.69) is 20.3 Å². The van der Waals surface area contributed by atoms with Crippen molar-refractivity contribution in [1.82, 2.24) is 24.6 Å². The van der Waals surface area contributed by atoms with Gasteiger partial charge in [0.15, 0.2) is 5.82 Å². The molecule has 10 heteroatoms. The van der Waals surface area contributed by atoms with Crippen LogP contribution in [0.4, 0.5) is 11.6 Å². The number of hydrogen-bond donors (Lipinski definition) is 2. The number of nitrogens with one attached hydrogen (secondary N) is 1. The molecule has 0 bridgehead atoms. The van der Waals surface area contributed by atoms with Gasteiger partial charge in [-0.3, -0.25) is 14.3 Å². The number of halogens is 1. The van der Waals surface area contributed by atoms with E-state index < -0.39 is 0 Å². The van der Waals surface area contributed by atoms with Crippen LogP contribution in [0.25, 0.3) is 0 Å². The second-order valence-corrected chi connectivity index (χ2v) is 9.28. The number of benzene rings is 1. The molecule has 1 aliphatic rings. The number of pyridine rings is 2. The normalized spacial score (nSPS) is 15.2. The lowest BCUT2D eigenvalue weighted by Crippen LogP contribution is -2.37. The summed E-state index contributed by atoms with van der Waals surface area (Å²) in [5, 5.41) is 8.02. The van der Waals surface area contributed by atoms with Crippen LogP contribution in [0, 0.1) is 0 Å². The van der Waals surface area contributed by atoms with Crippen molar-refractivity contribution in [2.45, 2.75) is 25.6 Å². The molecule has 3 aromatic heterocycles. The van der Waals surface area contributed by atoms with Crippen molar-refractivity contribution in [2.24, 2.45) is 0 Å². The van der Waals surface area contributed by atoms with Crippen LogP contribution >= 0.6 is 11.6 Å². The second kappa shape index (κ2) is 10.2. The van der Waals surface area contributed by atoms with E-state index in [4.69, 9.17) is 17.3 Å². The first kappa shape index (κ1) is 23.6. The van der Waals surface area contributed by atoms with Gasteiger partial charge in [-0.2, -0.15) is 5.10 Å². The molecule has 9 nitrogen and oxygen atoms in total. The number of nitrogen functional groups attached to an aromatic ring is 1. The van der Waals surface area contributed by atoms with Crippen molar-refractivity contribution >= 4 is 29.1 Å². The van der Waals surface area contributed by atoms with Crippen LogP contribution in [0.5, 0.6) is 0 Å². The van der Waals surface area contributed by atoms with Crippen molar-refractivity contribution in [2.75, 3.05) is 23.7 Å². The molecule has 1 fully saturated rings. The van der Waals surface area contributed by atoms with E-state index in [0.29, 0.717) is 30.2 Å². The van der Waals surface area contributed by atoms with Gasteiger partial charge in [-0.15, -0.1) is 0 Å². The first-order valence-corrected chi connectivity index (χ1v) is 12.1. The zero-order chi connectivity index (χ0) is 25.1. The van der Waals surface area contributed by atoms with Gasteiger partial charge in [-0.1, -0.05) is 41.9 Å². The first-order valence-electron chi connectivity index (χ1n) is 11.7. The summed E-state index contributed by atoms with van der Waals surface area (Å²) in [7, 11) is 0. The van der Waals surface area contributed by atoms with E-state index >= 15 is 0 Å². The number of aromatic nitrogens is 4. The summed E-state index contributed by atoms with van der Waals surface area (Å²) in [6.07, 6.45) is 5.92. The van der Waals surface area contributed by atoms with E-state index in [1.807, 2.05) is 36.4 Å². The van der Waals surface area contributed by atoms with Gasteiger partial charge in [0.05, 0.1) is 13.1 Å². The number of amides is 1. The molecule has 36 heavy (non-hydrogen) atoms. The lowest BCUT2D eigenvalue weighted by Gasteiger charge is -2.18. The SMILES string of the molecule is Nc1nn(Cc2ccc(Cn3ccccc3=O)cc2)cc1C(=O)N[C@H]1CCN(c2cc(Cl)ccn2)C1. The molecule has 184 valence electrons. The highest BCUT2D eigenvalue weighted by Gasteiger charge is 2.26. The van der Waals surface area contributed by atoms with Crippen molar-refractivity contribution < 1.29 is 4.79 Å². The fourth-order valence-electron chi connectivity index (χ4n) is 4.33. The number of anilines is 2. The summed E-state index contributed by atoms with van der Waals surface area (Å²) < 4.78 is 3.32. The third kappa shape index (κ3) is 5.41. The summed E-state index contributed by atoms with van der Waals surface area (Å²) in [6, 6.07) is 16.6. The Morgan fingerprint density at radius 1 is 1.11 bits per heavy atom. The predicted octanol–water partition coefficient (Wildman–Crippen LogP) is 2.78. The zero-order valence-corrected chi connectivity index (χ0v) is 20.3. The van der Waals surface area contributed by atoms with Gasteiger partial charge in [0.25, 0.3) is 11.5 Å². The number of nitrogens with two attached hydrogens (primary N) is 1. The first-order chi connectivity index (χ1) is 17.4. The number of carbonyl (C=O) groups excluding carboxylic acids is 1. The Bertz CT molecular complexity index is 1430. The third-order valence-electron chi connectivity index (χ3n) is 6.21. The lowest BCUT2D eigenvalue weighted by atomic mass is 10.1. The maximum Gasteiger partial charge on any atom is 0.256 e. The monoisotopic (exact) mass is 503 g/mol. The van der Waals surface area contributed by atoms with Crippen LogP contribution in [0.3, 0.4) is 0 Å². The summed E-state index contributed by atoms with van der Waals surface area (Å²) >= 11 is 6.08. The third-order valence-corrected chi connectivity index (χ3v) is 6.44. The Kier molecular flexibility index (Phi) is 6.73. The maximum absolute atomic E-state index is 12.9.